The van der Waals surface area contributed by atoms with Crippen LogP contribution in [0, 0.1) is 0 Å². The molecule has 1 aliphatic rings. The Morgan fingerprint density at radius 2 is 2.21 bits per heavy atom. The van der Waals surface area contributed by atoms with Crippen LogP contribution in [0.1, 0.15) is 30.1 Å². The molecule has 2 aromatic heterocycles. The number of fused-ring (bicyclic) bond motifs is 1. The third-order valence-corrected chi connectivity index (χ3v) is 5.53. The molecule has 3 heterocycles. The van der Waals surface area contributed by atoms with Crippen LogP contribution in [-0.2, 0) is 9.53 Å². The SMILES string of the molecule is CCOC(=O)c1cccc(NC(=O)C2CCCN2c2ncnc3sccc23)c1. The summed E-state index contributed by atoms with van der Waals surface area (Å²) in [5.41, 5.74) is 0.990. The Bertz CT molecular complexity index is 1020. The first kappa shape index (κ1) is 18.4. The molecule has 1 saturated heterocycles. The van der Waals surface area contributed by atoms with Gasteiger partial charge in [0.2, 0.25) is 5.91 Å². The Morgan fingerprint density at radius 3 is 3.07 bits per heavy atom. The second-order valence-electron chi connectivity index (χ2n) is 6.48. The van der Waals surface area contributed by atoms with E-state index < -0.39 is 5.97 Å². The number of nitrogens with zero attached hydrogens (tertiary/aromatic N) is 3. The summed E-state index contributed by atoms with van der Waals surface area (Å²) >= 11 is 1.56. The van der Waals surface area contributed by atoms with Crippen LogP contribution in [0.2, 0.25) is 0 Å². The molecule has 7 nitrogen and oxygen atoms in total. The molecule has 8 heteroatoms. The number of rotatable bonds is 5. The van der Waals surface area contributed by atoms with Crippen molar-refractivity contribution in [2.45, 2.75) is 25.8 Å². The molecule has 1 aromatic carbocycles. The molecule has 0 saturated carbocycles. The number of hydrogen-bond acceptors (Lipinski definition) is 7. The van der Waals surface area contributed by atoms with Gasteiger partial charge in [-0.25, -0.2) is 14.8 Å². The molecule has 0 radical (unpaired) electrons. The molecule has 0 aliphatic carbocycles. The molecule has 1 aliphatic heterocycles. The molecule has 4 rings (SSSR count). The standard InChI is InChI=1S/C20H20N4O3S/c1-2-27-20(26)13-5-3-6-14(11-13)23-18(25)16-7-4-9-24(16)17-15-8-10-28-19(15)22-12-21-17/h3,5-6,8,10-12,16H,2,4,7,9H2,1H3,(H,23,25). The van der Waals surface area contributed by atoms with Gasteiger partial charge < -0.3 is 15.0 Å². The predicted molar refractivity (Wildman–Crippen MR) is 109 cm³/mol. The smallest absolute Gasteiger partial charge is 0.338 e. The van der Waals surface area contributed by atoms with Crippen LogP contribution in [0.3, 0.4) is 0 Å². The van der Waals surface area contributed by atoms with Crippen LogP contribution < -0.4 is 10.2 Å². The van der Waals surface area contributed by atoms with Crippen LogP contribution in [-0.4, -0.2) is 41.0 Å². The summed E-state index contributed by atoms with van der Waals surface area (Å²) in [7, 11) is 0. The van der Waals surface area contributed by atoms with Crippen molar-refractivity contribution in [2.75, 3.05) is 23.4 Å². The Labute approximate surface area is 166 Å². The highest BCUT2D eigenvalue weighted by molar-refractivity contribution is 7.16. The molecule has 1 unspecified atom stereocenters. The van der Waals surface area contributed by atoms with Crippen molar-refractivity contribution in [2.24, 2.45) is 0 Å². The van der Waals surface area contributed by atoms with E-state index in [0.29, 0.717) is 17.9 Å². The van der Waals surface area contributed by atoms with E-state index in [1.165, 1.54) is 0 Å². The molecule has 28 heavy (non-hydrogen) atoms. The lowest BCUT2D eigenvalue weighted by atomic mass is 10.1. The number of thiophene rings is 1. The summed E-state index contributed by atoms with van der Waals surface area (Å²) in [6, 6.07) is 8.48. The van der Waals surface area contributed by atoms with Gasteiger partial charge in [0.1, 0.15) is 23.0 Å². The minimum absolute atomic E-state index is 0.111. The zero-order chi connectivity index (χ0) is 19.5. The third kappa shape index (κ3) is 3.55. The van der Waals surface area contributed by atoms with E-state index in [4.69, 9.17) is 4.74 Å². The Hall–Kier alpha value is -3.00. The van der Waals surface area contributed by atoms with Gasteiger partial charge in [-0.05, 0) is 49.4 Å². The topological polar surface area (TPSA) is 84.4 Å². The average molecular weight is 396 g/mol. The van der Waals surface area contributed by atoms with E-state index >= 15 is 0 Å². The van der Waals surface area contributed by atoms with Crippen LogP contribution in [0.5, 0.6) is 0 Å². The van der Waals surface area contributed by atoms with E-state index in [-0.39, 0.29) is 11.9 Å². The van der Waals surface area contributed by atoms with Crippen molar-refractivity contribution >= 4 is 44.9 Å². The highest BCUT2D eigenvalue weighted by atomic mass is 32.1. The predicted octanol–water partition coefficient (Wildman–Crippen LogP) is 3.48. The van der Waals surface area contributed by atoms with E-state index in [1.54, 1.807) is 48.9 Å². The van der Waals surface area contributed by atoms with Crippen molar-refractivity contribution in [3.05, 3.63) is 47.6 Å². The van der Waals surface area contributed by atoms with Crippen LogP contribution in [0.15, 0.2) is 42.0 Å². The number of carbonyl (C=O) groups excluding carboxylic acids is 2. The van der Waals surface area contributed by atoms with E-state index in [0.717, 1.165) is 35.4 Å². The zero-order valence-corrected chi connectivity index (χ0v) is 16.2. The molecule has 1 N–H and O–H groups in total. The number of esters is 1. The third-order valence-electron chi connectivity index (χ3n) is 4.71. The average Bonchev–Trinajstić information content (AvgIpc) is 3.37. The monoisotopic (exact) mass is 396 g/mol. The fourth-order valence-corrected chi connectivity index (χ4v) is 4.19. The molecule has 1 atom stereocenters. The van der Waals surface area contributed by atoms with Crippen molar-refractivity contribution in [3.8, 4) is 0 Å². The van der Waals surface area contributed by atoms with Gasteiger partial charge in [-0.3, -0.25) is 4.79 Å². The summed E-state index contributed by atoms with van der Waals surface area (Å²) in [6.45, 7) is 2.83. The molecule has 1 fully saturated rings. The number of carbonyl (C=O) groups is 2. The van der Waals surface area contributed by atoms with Gasteiger partial charge in [0.25, 0.3) is 0 Å². The second-order valence-corrected chi connectivity index (χ2v) is 7.37. The highest BCUT2D eigenvalue weighted by Gasteiger charge is 2.33. The van der Waals surface area contributed by atoms with Crippen LogP contribution >= 0.6 is 11.3 Å². The molecule has 0 bridgehead atoms. The largest absolute Gasteiger partial charge is 0.462 e. The normalized spacial score (nSPS) is 16.3. The number of aromatic nitrogens is 2. The van der Waals surface area contributed by atoms with Gasteiger partial charge in [-0.2, -0.15) is 0 Å². The number of ether oxygens (including phenoxy) is 1. The first-order chi connectivity index (χ1) is 13.7. The quantitative estimate of drug-likeness (QED) is 0.665. The van der Waals surface area contributed by atoms with Gasteiger partial charge >= 0.3 is 5.97 Å². The van der Waals surface area contributed by atoms with Crippen LogP contribution in [0.4, 0.5) is 11.5 Å². The Kier molecular flexibility index (Phi) is 5.21. The summed E-state index contributed by atoms with van der Waals surface area (Å²) in [5.74, 6) is 0.284. The molecule has 3 aromatic rings. The van der Waals surface area contributed by atoms with E-state index in [2.05, 4.69) is 15.3 Å². The van der Waals surface area contributed by atoms with Crippen molar-refractivity contribution in [3.63, 3.8) is 0 Å². The first-order valence-electron chi connectivity index (χ1n) is 9.20. The lowest BCUT2D eigenvalue weighted by Crippen LogP contribution is -2.40. The lowest BCUT2D eigenvalue weighted by Gasteiger charge is -2.25. The number of hydrogen-bond donors (Lipinski definition) is 1. The Morgan fingerprint density at radius 1 is 1.32 bits per heavy atom. The summed E-state index contributed by atoms with van der Waals surface area (Å²) in [5, 5.41) is 5.88. The van der Waals surface area contributed by atoms with Crippen molar-refractivity contribution < 1.29 is 14.3 Å². The fraction of sp³-hybridized carbons (Fsp3) is 0.300. The maximum Gasteiger partial charge on any atom is 0.338 e. The maximum atomic E-state index is 13.0. The number of anilines is 2. The lowest BCUT2D eigenvalue weighted by molar-refractivity contribution is -0.117. The fourth-order valence-electron chi connectivity index (χ4n) is 3.46. The van der Waals surface area contributed by atoms with Gasteiger partial charge in [0.05, 0.1) is 17.6 Å². The highest BCUT2D eigenvalue weighted by Crippen LogP contribution is 2.32. The molecule has 0 spiro atoms. The summed E-state index contributed by atoms with van der Waals surface area (Å²) < 4.78 is 5.02. The number of nitrogens with one attached hydrogen (secondary N) is 1. The number of amides is 1. The van der Waals surface area contributed by atoms with E-state index in [9.17, 15) is 9.59 Å². The molecular formula is C20H20N4O3S. The summed E-state index contributed by atoms with van der Waals surface area (Å²) in [4.78, 5) is 36.6. The summed E-state index contributed by atoms with van der Waals surface area (Å²) in [6.07, 6.45) is 3.21. The van der Waals surface area contributed by atoms with Crippen molar-refractivity contribution in [1.82, 2.24) is 9.97 Å². The molecular weight excluding hydrogens is 376 g/mol. The van der Waals surface area contributed by atoms with Gasteiger partial charge in [-0.1, -0.05) is 6.07 Å². The van der Waals surface area contributed by atoms with Gasteiger partial charge in [-0.15, -0.1) is 11.3 Å². The molecule has 144 valence electrons. The van der Waals surface area contributed by atoms with Gasteiger partial charge in [0, 0.05) is 12.2 Å². The Balaban J connectivity index is 1.54. The molecule has 1 amide bonds. The van der Waals surface area contributed by atoms with Gasteiger partial charge in [0.15, 0.2) is 0 Å². The van der Waals surface area contributed by atoms with Crippen molar-refractivity contribution in [1.29, 1.82) is 0 Å². The minimum Gasteiger partial charge on any atom is -0.462 e. The van der Waals surface area contributed by atoms with E-state index in [1.807, 2.05) is 16.3 Å². The minimum atomic E-state index is -0.401. The maximum absolute atomic E-state index is 13.0. The van der Waals surface area contributed by atoms with Crippen LogP contribution in [0.25, 0.3) is 10.2 Å². The number of benzene rings is 1. The second kappa shape index (κ2) is 7.93. The first-order valence-corrected chi connectivity index (χ1v) is 10.1. The zero-order valence-electron chi connectivity index (χ0n) is 15.4.